The Morgan fingerprint density at radius 3 is 2.53 bits per heavy atom. The van der Waals surface area contributed by atoms with Crippen LogP contribution >= 0.6 is 11.8 Å². The fourth-order valence-electron chi connectivity index (χ4n) is 1.79. The zero-order valence-electron chi connectivity index (χ0n) is 10.1. The highest BCUT2D eigenvalue weighted by Crippen LogP contribution is 2.18. The molecule has 1 heterocycles. The van der Waals surface area contributed by atoms with Gasteiger partial charge in [-0.15, -0.1) is 0 Å². The molecular formula is C11H23NO2S. The SMILES string of the molecule is CCOC(CN1CCSC(C)C1)OCC. The van der Waals surface area contributed by atoms with Crippen molar-refractivity contribution in [3.63, 3.8) is 0 Å². The summed E-state index contributed by atoms with van der Waals surface area (Å²) in [6.07, 6.45) is -0.0460. The van der Waals surface area contributed by atoms with Crippen LogP contribution < -0.4 is 0 Å². The third-order valence-electron chi connectivity index (χ3n) is 2.44. The quantitative estimate of drug-likeness (QED) is 0.652. The fraction of sp³-hybridized carbons (Fsp3) is 1.00. The van der Waals surface area contributed by atoms with Gasteiger partial charge in [0.2, 0.25) is 0 Å². The van der Waals surface area contributed by atoms with Crippen LogP contribution in [0.5, 0.6) is 0 Å². The van der Waals surface area contributed by atoms with E-state index in [2.05, 4.69) is 23.6 Å². The molecule has 0 amide bonds. The molecule has 0 spiro atoms. The van der Waals surface area contributed by atoms with E-state index in [0.29, 0.717) is 0 Å². The molecule has 4 heteroatoms. The summed E-state index contributed by atoms with van der Waals surface area (Å²) in [5, 5.41) is 0.739. The molecule has 1 saturated heterocycles. The topological polar surface area (TPSA) is 21.7 Å². The third-order valence-corrected chi connectivity index (χ3v) is 3.57. The highest BCUT2D eigenvalue weighted by Gasteiger charge is 2.20. The van der Waals surface area contributed by atoms with E-state index in [4.69, 9.17) is 9.47 Å². The number of hydrogen-bond acceptors (Lipinski definition) is 4. The molecule has 1 rings (SSSR count). The van der Waals surface area contributed by atoms with Gasteiger partial charge in [0.05, 0.1) is 0 Å². The first-order chi connectivity index (χ1) is 7.26. The second-order valence-electron chi connectivity index (χ2n) is 3.78. The molecule has 90 valence electrons. The molecule has 3 nitrogen and oxygen atoms in total. The van der Waals surface area contributed by atoms with Gasteiger partial charge in [0.15, 0.2) is 6.29 Å². The smallest absolute Gasteiger partial charge is 0.170 e. The minimum Gasteiger partial charge on any atom is -0.352 e. The number of rotatable bonds is 6. The molecule has 1 unspecified atom stereocenters. The van der Waals surface area contributed by atoms with Crippen molar-refractivity contribution in [1.29, 1.82) is 0 Å². The molecule has 1 aliphatic rings. The lowest BCUT2D eigenvalue weighted by atomic mass is 10.3. The van der Waals surface area contributed by atoms with Gasteiger partial charge in [0.25, 0.3) is 0 Å². The zero-order valence-corrected chi connectivity index (χ0v) is 10.9. The average molecular weight is 233 g/mol. The van der Waals surface area contributed by atoms with Gasteiger partial charge in [-0.05, 0) is 13.8 Å². The van der Waals surface area contributed by atoms with Gasteiger partial charge in [-0.1, -0.05) is 6.92 Å². The lowest BCUT2D eigenvalue weighted by Gasteiger charge is -2.32. The van der Waals surface area contributed by atoms with Crippen molar-refractivity contribution in [3.05, 3.63) is 0 Å². The van der Waals surface area contributed by atoms with Crippen molar-refractivity contribution in [2.24, 2.45) is 0 Å². The Labute approximate surface area is 97.5 Å². The van der Waals surface area contributed by atoms with Crippen LogP contribution in [-0.2, 0) is 9.47 Å². The maximum absolute atomic E-state index is 5.55. The van der Waals surface area contributed by atoms with E-state index in [0.717, 1.165) is 38.1 Å². The predicted octanol–water partition coefficient (Wildman–Crippen LogP) is 1.82. The number of ether oxygens (including phenoxy) is 2. The molecule has 15 heavy (non-hydrogen) atoms. The summed E-state index contributed by atoms with van der Waals surface area (Å²) < 4.78 is 11.1. The van der Waals surface area contributed by atoms with Crippen molar-refractivity contribution in [3.8, 4) is 0 Å². The van der Waals surface area contributed by atoms with E-state index in [1.165, 1.54) is 5.75 Å². The van der Waals surface area contributed by atoms with E-state index in [1.54, 1.807) is 0 Å². The first kappa shape index (κ1) is 13.3. The van der Waals surface area contributed by atoms with E-state index in [9.17, 15) is 0 Å². The molecule has 0 radical (unpaired) electrons. The van der Waals surface area contributed by atoms with Crippen LogP contribution in [0.15, 0.2) is 0 Å². The fourth-order valence-corrected chi connectivity index (χ4v) is 2.87. The summed E-state index contributed by atoms with van der Waals surface area (Å²) in [6.45, 7) is 11.0. The van der Waals surface area contributed by atoms with Gasteiger partial charge >= 0.3 is 0 Å². The predicted molar refractivity (Wildman–Crippen MR) is 65.4 cm³/mol. The lowest BCUT2D eigenvalue weighted by molar-refractivity contribution is -0.146. The molecule has 1 atom stereocenters. The number of thioether (sulfide) groups is 1. The normalized spacial score (nSPS) is 23.6. The van der Waals surface area contributed by atoms with Crippen molar-refractivity contribution in [1.82, 2.24) is 4.90 Å². The lowest BCUT2D eigenvalue weighted by Crippen LogP contribution is -2.42. The minimum absolute atomic E-state index is 0.0460. The Hall–Kier alpha value is 0.230. The monoisotopic (exact) mass is 233 g/mol. The Bertz CT molecular complexity index is 160. The van der Waals surface area contributed by atoms with Crippen molar-refractivity contribution >= 4 is 11.8 Å². The standard InChI is InChI=1S/C11H23NO2S/c1-4-13-11(14-5-2)9-12-6-7-15-10(3)8-12/h10-11H,4-9H2,1-3H3. The average Bonchev–Trinajstić information content (AvgIpc) is 2.18. The van der Waals surface area contributed by atoms with Crippen molar-refractivity contribution < 1.29 is 9.47 Å². The maximum Gasteiger partial charge on any atom is 0.170 e. The van der Waals surface area contributed by atoms with Crippen LogP contribution in [0.1, 0.15) is 20.8 Å². The van der Waals surface area contributed by atoms with Gasteiger partial charge in [-0.25, -0.2) is 0 Å². The Morgan fingerprint density at radius 1 is 1.33 bits per heavy atom. The number of hydrogen-bond donors (Lipinski definition) is 0. The van der Waals surface area contributed by atoms with Crippen molar-refractivity contribution in [2.75, 3.05) is 38.6 Å². The second kappa shape index (κ2) is 7.49. The summed E-state index contributed by atoms with van der Waals surface area (Å²) in [4.78, 5) is 2.44. The summed E-state index contributed by atoms with van der Waals surface area (Å²) in [7, 11) is 0. The second-order valence-corrected chi connectivity index (χ2v) is 5.33. The largest absolute Gasteiger partial charge is 0.352 e. The number of nitrogens with zero attached hydrogens (tertiary/aromatic N) is 1. The van der Waals surface area contributed by atoms with Crippen LogP contribution in [0.25, 0.3) is 0 Å². The van der Waals surface area contributed by atoms with Crippen LogP contribution in [-0.4, -0.2) is 55.0 Å². The Morgan fingerprint density at radius 2 is 2.00 bits per heavy atom. The summed E-state index contributed by atoms with van der Waals surface area (Å²) >= 11 is 2.05. The Kier molecular flexibility index (Phi) is 6.64. The van der Waals surface area contributed by atoms with Gasteiger partial charge in [-0.2, -0.15) is 11.8 Å². The molecule has 1 fully saturated rings. The highest BCUT2D eigenvalue weighted by molar-refractivity contribution is 7.99. The molecule has 0 aromatic carbocycles. The molecule has 0 aromatic heterocycles. The minimum atomic E-state index is -0.0460. The molecular weight excluding hydrogens is 210 g/mol. The van der Waals surface area contributed by atoms with Gasteiger partial charge in [-0.3, -0.25) is 4.90 Å². The Balaban J connectivity index is 2.28. The van der Waals surface area contributed by atoms with Gasteiger partial charge < -0.3 is 9.47 Å². The van der Waals surface area contributed by atoms with E-state index in [1.807, 2.05) is 13.8 Å². The molecule has 0 aliphatic carbocycles. The van der Waals surface area contributed by atoms with Crippen LogP contribution in [0.2, 0.25) is 0 Å². The highest BCUT2D eigenvalue weighted by atomic mass is 32.2. The van der Waals surface area contributed by atoms with Crippen LogP contribution in [0.4, 0.5) is 0 Å². The first-order valence-electron chi connectivity index (χ1n) is 5.83. The van der Waals surface area contributed by atoms with Gasteiger partial charge in [0, 0.05) is 43.9 Å². The molecule has 0 saturated carbocycles. The van der Waals surface area contributed by atoms with E-state index >= 15 is 0 Å². The summed E-state index contributed by atoms with van der Waals surface area (Å²) in [5.74, 6) is 1.23. The van der Waals surface area contributed by atoms with E-state index in [-0.39, 0.29) is 6.29 Å². The molecule has 0 aromatic rings. The molecule has 1 aliphatic heterocycles. The van der Waals surface area contributed by atoms with E-state index < -0.39 is 0 Å². The van der Waals surface area contributed by atoms with Gasteiger partial charge in [0.1, 0.15) is 0 Å². The maximum atomic E-state index is 5.55. The molecule has 0 N–H and O–H groups in total. The van der Waals surface area contributed by atoms with Crippen LogP contribution in [0, 0.1) is 0 Å². The van der Waals surface area contributed by atoms with Crippen molar-refractivity contribution in [2.45, 2.75) is 32.3 Å². The molecule has 0 bridgehead atoms. The third kappa shape index (κ3) is 5.20. The summed E-state index contributed by atoms with van der Waals surface area (Å²) in [6, 6.07) is 0. The van der Waals surface area contributed by atoms with Crippen LogP contribution in [0.3, 0.4) is 0 Å². The summed E-state index contributed by atoms with van der Waals surface area (Å²) in [5.41, 5.74) is 0. The zero-order chi connectivity index (χ0) is 11.1. The first-order valence-corrected chi connectivity index (χ1v) is 6.88.